The smallest absolute Gasteiger partial charge is 0.373 e. The molecule has 0 aromatic carbocycles. The van der Waals surface area contributed by atoms with Crippen LogP contribution >= 0.6 is 0 Å². The van der Waals surface area contributed by atoms with Crippen LogP contribution < -0.4 is 5.73 Å². The third-order valence-electron chi connectivity index (χ3n) is 2.31. The molecule has 1 amide bonds. The lowest BCUT2D eigenvalue weighted by Crippen LogP contribution is -2.46. The van der Waals surface area contributed by atoms with Crippen LogP contribution in [0.1, 0.15) is 26.7 Å². The third-order valence-corrected chi connectivity index (χ3v) is 2.31. The number of carboxylic acid groups (broad SMARTS) is 1. The van der Waals surface area contributed by atoms with Crippen molar-refractivity contribution in [2.24, 2.45) is 11.1 Å². The van der Waals surface area contributed by atoms with E-state index in [0.29, 0.717) is 0 Å². The van der Waals surface area contributed by atoms with Crippen LogP contribution in [0, 0.1) is 5.41 Å². The molecule has 0 saturated heterocycles. The maximum absolute atomic E-state index is 11.2. The molecule has 0 aliphatic carbocycles. The largest absolute Gasteiger partial charge is 0.475 e. The summed E-state index contributed by atoms with van der Waals surface area (Å²) in [6, 6.07) is 0. The van der Waals surface area contributed by atoms with E-state index < -0.39 is 23.1 Å². The topological polar surface area (TPSA) is 97.5 Å². The molecule has 0 fully saturated rings. The first-order valence-electron chi connectivity index (χ1n) is 4.00. The van der Waals surface area contributed by atoms with Crippen LogP contribution in [0.3, 0.4) is 0 Å². The van der Waals surface area contributed by atoms with Crippen molar-refractivity contribution in [2.75, 3.05) is 0 Å². The van der Waals surface area contributed by atoms with Gasteiger partial charge in [-0.05, 0) is 12.8 Å². The summed E-state index contributed by atoms with van der Waals surface area (Å²) in [5.74, 6) is -3.60. The lowest BCUT2D eigenvalue weighted by molar-refractivity contribution is -0.157. The van der Waals surface area contributed by atoms with Crippen molar-refractivity contribution in [3.8, 4) is 0 Å². The van der Waals surface area contributed by atoms with Crippen LogP contribution in [0.25, 0.3) is 0 Å². The van der Waals surface area contributed by atoms with Crippen molar-refractivity contribution in [1.29, 1.82) is 0 Å². The van der Waals surface area contributed by atoms with Crippen LogP contribution in [0.15, 0.2) is 0 Å². The zero-order valence-electron chi connectivity index (χ0n) is 7.66. The quantitative estimate of drug-likeness (QED) is 0.465. The molecule has 13 heavy (non-hydrogen) atoms. The Kier molecular flexibility index (Phi) is 3.59. The van der Waals surface area contributed by atoms with E-state index in [1.807, 2.05) is 0 Å². The Morgan fingerprint density at radius 2 is 1.62 bits per heavy atom. The van der Waals surface area contributed by atoms with Crippen molar-refractivity contribution >= 4 is 17.7 Å². The molecule has 5 heteroatoms. The predicted molar refractivity (Wildman–Crippen MR) is 44.9 cm³/mol. The zero-order chi connectivity index (χ0) is 10.6. The Bertz CT molecular complexity index is 243. The molecule has 0 aliphatic heterocycles. The molecule has 0 unspecified atom stereocenters. The summed E-state index contributed by atoms with van der Waals surface area (Å²) < 4.78 is 0. The monoisotopic (exact) mass is 187 g/mol. The number of hydrogen-bond acceptors (Lipinski definition) is 3. The lowest BCUT2D eigenvalue weighted by atomic mass is 9.77. The molecule has 0 spiro atoms. The molecule has 0 aliphatic rings. The van der Waals surface area contributed by atoms with E-state index in [1.54, 1.807) is 13.8 Å². The molecule has 0 aromatic heterocycles. The molecule has 0 heterocycles. The molecule has 0 radical (unpaired) electrons. The number of carbonyl (C=O) groups excluding carboxylic acids is 2. The molecule has 0 rings (SSSR count). The van der Waals surface area contributed by atoms with Gasteiger partial charge in [-0.25, -0.2) is 4.79 Å². The zero-order valence-corrected chi connectivity index (χ0v) is 7.66. The highest BCUT2D eigenvalue weighted by molar-refractivity contribution is 6.39. The number of carbonyl (C=O) groups is 3. The molecule has 0 bridgehead atoms. The van der Waals surface area contributed by atoms with E-state index >= 15 is 0 Å². The molecular formula is C8H13NO4. The van der Waals surface area contributed by atoms with Gasteiger partial charge in [-0.3, -0.25) is 9.59 Å². The van der Waals surface area contributed by atoms with Crippen molar-refractivity contribution in [2.45, 2.75) is 26.7 Å². The van der Waals surface area contributed by atoms with Crippen LogP contribution in [-0.2, 0) is 14.4 Å². The lowest BCUT2D eigenvalue weighted by Gasteiger charge is -2.23. The van der Waals surface area contributed by atoms with E-state index in [-0.39, 0.29) is 12.8 Å². The Morgan fingerprint density at radius 3 is 1.69 bits per heavy atom. The summed E-state index contributed by atoms with van der Waals surface area (Å²) in [6.45, 7) is 3.13. The van der Waals surface area contributed by atoms with Gasteiger partial charge in [-0.1, -0.05) is 13.8 Å². The summed E-state index contributed by atoms with van der Waals surface area (Å²) in [6.07, 6.45) is 0.230. The van der Waals surface area contributed by atoms with Gasteiger partial charge < -0.3 is 10.8 Å². The number of primary amides is 1. The summed E-state index contributed by atoms with van der Waals surface area (Å²) in [5, 5.41) is 8.47. The fourth-order valence-electron chi connectivity index (χ4n) is 1.24. The number of nitrogens with two attached hydrogens (primary N) is 1. The summed E-state index contributed by atoms with van der Waals surface area (Å²) in [4.78, 5) is 32.5. The van der Waals surface area contributed by atoms with E-state index in [9.17, 15) is 14.4 Å². The van der Waals surface area contributed by atoms with Crippen molar-refractivity contribution in [1.82, 2.24) is 0 Å². The minimum Gasteiger partial charge on any atom is -0.475 e. The second-order valence-electron chi connectivity index (χ2n) is 2.79. The van der Waals surface area contributed by atoms with Gasteiger partial charge in [-0.2, -0.15) is 0 Å². The highest BCUT2D eigenvalue weighted by Crippen LogP contribution is 2.27. The molecule has 5 nitrogen and oxygen atoms in total. The van der Waals surface area contributed by atoms with Crippen LogP contribution in [0.5, 0.6) is 0 Å². The summed E-state index contributed by atoms with van der Waals surface area (Å²) in [7, 11) is 0. The molecule has 0 atom stereocenters. The Labute approximate surface area is 75.9 Å². The average molecular weight is 187 g/mol. The highest BCUT2D eigenvalue weighted by Gasteiger charge is 2.44. The number of Topliss-reactive ketones (excluding diaryl/α,β-unsaturated/α-hetero) is 1. The van der Waals surface area contributed by atoms with E-state index in [2.05, 4.69) is 0 Å². The van der Waals surface area contributed by atoms with Crippen molar-refractivity contribution < 1.29 is 19.5 Å². The van der Waals surface area contributed by atoms with Crippen LogP contribution in [0.4, 0.5) is 0 Å². The third kappa shape index (κ3) is 1.85. The van der Waals surface area contributed by atoms with Gasteiger partial charge in [0, 0.05) is 0 Å². The second-order valence-corrected chi connectivity index (χ2v) is 2.79. The Morgan fingerprint density at radius 1 is 1.23 bits per heavy atom. The summed E-state index contributed by atoms with van der Waals surface area (Å²) >= 11 is 0. The van der Waals surface area contributed by atoms with Crippen molar-refractivity contribution in [3.05, 3.63) is 0 Å². The SMILES string of the molecule is CCC(CC)(C(N)=O)C(=O)C(=O)O. The molecule has 0 saturated carbocycles. The molecule has 3 N–H and O–H groups in total. The van der Waals surface area contributed by atoms with Gasteiger partial charge in [0.2, 0.25) is 5.91 Å². The molecule has 74 valence electrons. The van der Waals surface area contributed by atoms with Crippen molar-refractivity contribution in [3.63, 3.8) is 0 Å². The first-order chi connectivity index (χ1) is 5.92. The van der Waals surface area contributed by atoms with Gasteiger partial charge in [0.1, 0.15) is 5.41 Å². The Balaban J connectivity index is 5.10. The van der Waals surface area contributed by atoms with Gasteiger partial charge in [-0.15, -0.1) is 0 Å². The Hall–Kier alpha value is -1.39. The fourth-order valence-corrected chi connectivity index (χ4v) is 1.24. The van der Waals surface area contributed by atoms with E-state index in [0.717, 1.165) is 0 Å². The predicted octanol–water partition coefficient (Wildman–Crippen LogP) is -0.0682. The minimum absolute atomic E-state index is 0.115. The maximum Gasteiger partial charge on any atom is 0.373 e. The van der Waals surface area contributed by atoms with Crippen LogP contribution in [0.2, 0.25) is 0 Å². The van der Waals surface area contributed by atoms with Gasteiger partial charge >= 0.3 is 5.97 Å². The van der Waals surface area contributed by atoms with Gasteiger partial charge in [0.05, 0.1) is 0 Å². The first-order valence-corrected chi connectivity index (χ1v) is 4.00. The van der Waals surface area contributed by atoms with Gasteiger partial charge in [0.25, 0.3) is 5.78 Å². The van der Waals surface area contributed by atoms with Crippen LogP contribution in [-0.4, -0.2) is 22.8 Å². The van der Waals surface area contributed by atoms with E-state index in [1.165, 1.54) is 0 Å². The second kappa shape index (κ2) is 4.02. The average Bonchev–Trinajstić information content (AvgIpc) is 2.06. The number of ketones is 1. The normalized spacial score (nSPS) is 10.9. The summed E-state index contributed by atoms with van der Waals surface area (Å²) in [5.41, 5.74) is 3.47. The fraction of sp³-hybridized carbons (Fsp3) is 0.625. The molecular weight excluding hydrogens is 174 g/mol. The number of amides is 1. The number of rotatable bonds is 5. The van der Waals surface area contributed by atoms with Gasteiger partial charge in [0.15, 0.2) is 0 Å². The maximum atomic E-state index is 11.2. The van der Waals surface area contributed by atoms with E-state index in [4.69, 9.17) is 10.8 Å². The highest BCUT2D eigenvalue weighted by atomic mass is 16.4. The molecule has 0 aromatic rings. The number of aliphatic carboxylic acids is 1. The standard InChI is InChI=1S/C8H13NO4/c1-3-8(4-2,7(9)13)5(10)6(11)12/h3-4H2,1-2H3,(H2,9,13)(H,11,12). The number of carboxylic acids is 1. The minimum atomic E-state index is -1.61. The first kappa shape index (κ1) is 11.6. The number of hydrogen-bond donors (Lipinski definition) is 2.